The minimum absolute atomic E-state index is 0.0425. The Bertz CT molecular complexity index is 1400. The van der Waals surface area contributed by atoms with Crippen LogP contribution in [-0.2, 0) is 6.42 Å². The maximum absolute atomic E-state index is 12.2. The number of hydrogen-bond acceptors (Lipinski definition) is 2. The van der Waals surface area contributed by atoms with Gasteiger partial charge in [-0.05, 0) is 60.0 Å². The molecule has 0 bridgehead atoms. The molecule has 0 fully saturated rings. The fourth-order valence-corrected chi connectivity index (χ4v) is 3.84. The Hall–Kier alpha value is -4.18. The Balaban J connectivity index is 1.31. The molecule has 156 valence electrons. The Morgan fingerprint density at radius 3 is 2.44 bits per heavy atom. The van der Waals surface area contributed by atoms with E-state index >= 15 is 0 Å². The summed E-state index contributed by atoms with van der Waals surface area (Å²) in [5.41, 5.74) is 5.87. The van der Waals surface area contributed by atoms with Crippen LogP contribution in [0.2, 0.25) is 0 Å². The molecule has 4 nitrogen and oxygen atoms in total. The predicted molar refractivity (Wildman–Crippen MR) is 131 cm³/mol. The second-order valence-corrected chi connectivity index (χ2v) is 7.75. The van der Waals surface area contributed by atoms with E-state index in [1.165, 1.54) is 5.56 Å². The van der Waals surface area contributed by atoms with Gasteiger partial charge in [-0.1, -0.05) is 60.7 Å². The molecular weight excluding hydrogens is 394 g/mol. The van der Waals surface area contributed by atoms with E-state index in [2.05, 4.69) is 52.8 Å². The number of benzene rings is 3. The summed E-state index contributed by atoms with van der Waals surface area (Å²) in [6.45, 7) is 0.592. The highest BCUT2D eigenvalue weighted by Crippen LogP contribution is 2.26. The van der Waals surface area contributed by atoms with Crippen molar-refractivity contribution in [1.82, 2.24) is 15.3 Å². The number of hydrogen-bond donors (Lipinski definition) is 2. The molecule has 32 heavy (non-hydrogen) atoms. The number of aromatic amines is 1. The number of carbonyl (C=O) groups is 1. The van der Waals surface area contributed by atoms with Gasteiger partial charge in [-0.25, -0.2) is 4.98 Å². The number of rotatable bonds is 6. The lowest BCUT2D eigenvalue weighted by molar-refractivity contribution is 0.0954. The van der Waals surface area contributed by atoms with Crippen LogP contribution < -0.4 is 5.32 Å². The molecule has 0 aliphatic carbocycles. The average Bonchev–Trinajstić information content (AvgIpc) is 3.21. The molecule has 0 saturated carbocycles. The van der Waals surface area contributed by atoms with E-state index in [-0.39, 0.29) is 5.91 Å². The molecule has 2 N–H and O–H groups in total. The first kappa shape index (κ1) is 19.8. The van der Waals surface area contributed by atoms with Crippen LogP contribution in [-0.4, -0.2) is 22.4 Å². The fourth-order valence-electron chi connectivity index (χ4n) is 3.84. The SMILES string of the molecule is O=C(NCCc1ccc2[nH]c3nc(/C=C/c4ccccc4)ccc3c2c1)c1ccccc1. The van der Waals surface area contributed by atoms with Crippen molar-refractivity contribution in [1.29, 1.82) is 0 Å². The van der Waals surface area contributed by atoms with Crippen molar-refractivity contribution in [2.24, 2.45) is 0 Å². The van der Waals surface area contributed by atoms with E-state index in [9.17, 15) is 4.79 Å². The summed E-state index contributed by atoms with van der Waals surface area (Å²) in [6, 6.07) is 30.0. The Morgan fingerprint density at radius 1 is 0.844 bits per heavy atom. The van der Waals surface area contributed by atoms with E-state index < -0.39 is 0 Å². The van der Waals surface area contributed by atoms with Crippen LogP contribution >= 0.6 is 0 Å². The summed E-state index contributed by atoms with van der Waals surface area (Å²) in [4.78, 5) is 20.4. The van der Waals surface area contributed by atoms with Gasteiger partial charge in [0, 0.05) is 28.4 Å². The number of H-pyrrole nitrogens is 1. The zero-order chi connectivity index (χ0) is 21.8. The topological polar surface area (TPSA) is 57.8 Å². The van der Waals surface area contributed by atoms with Gasteiger partial charge in [0.05, 0.1) is 5.69 Å². The van der Waals surface area contributed by atoms with Crippen molar-refractivity contribution >= 4 is 40.0 Å². The normalized spacial score (nSPS) is 11.4. The number of nitrogens with zero attached hydrogens (tertiary/aromatic N) is 1. The number of carbonyl (C=O) groups excluding carboxylic acids is 1. The monoisotopic (exact) mass is 417 g/mol. The molecule has 3 aromatic carbocycles. The maximum Gasteiger partial charge on any atom is 0.251 e. The molecule has 4 heteroatoms. The molecule has 0 unspecified atom stereocenters. The lowest BCUT2D eigenvalue weighted by atomic mass is 10.1. The Labute approximate surface area is 186 Å². The number of nitrogens with one attached hydrogen (secondary N) is 2. The minimum atomic E-state index is -0.0425. The Kier molecular flexibility index (Phi) is 5.50. The summed E-state index contributed by atoms with van der Waals surface area (Å²) in [6.07, 6.45) is 4.87. The highest BCUT2D eigenvalue weighted by atomic mass is 16.1. The summed E-state index contributed by atoms with van der Waals surface area (Å²) in [7, 11) is 0. The van der Waals surface area contributed by atoms with E-state index in [1.54, 1.807) is 0 Å². The number of fused-ring (bicyclic) bond motifs is 3. The highest BCUT2D eigenvalue weighted by Gasteiger charge is 2.08. The van der Waals surface area contributed by atoms with Crippen molar-refractivity contribution in [3.8, 4) is 0 Å². The van der Waals surface area contributed by atoms with Crippen LogP contribution in [0.3, 0.4) is 0 Å². The van der Waals surface area contributed by atoms with Gasteiger partial charge >= 0.3 is 0 Å². The molecule has 0 atom stereocenters. The number of pyridine rings is 1. The first-order valence-electron chi connectivity index (χ1n) is 10.7. The number of amides is 1. The van der Waals surface area contributed by atoms with E-state index in [4.69, 9.17) is 4.98 Å². The van der Waals surface area contributed by atoms with Crippen molar-refractivity contribution in [3.63, 3.8) is 0 Å². The molecule has 0 radical (unpaired) electrons. The summed E-state index contributed by atoms with van der Waals surface area (Å²) < 4.78 is 0. The zero-order valence-electron chi connectivity index (χ0n) is 17.6. The minimum Gasteiger partial charge on any atom is -0.352 e. The second-order valence-electron chi connectivity index (χ2n) is 7.75. The predicted octanol–water partition coefficient (Wildman–Crippen LogP) is 5.86. The van der Waals surface area contributed by atoms with E-state index in [1.807, 2.05) is 60.7 Å². The van der Waals surface area contributed by atoms with Crippen molar-refractivity contribution < 1.29 is 4.79 Å². The third-order valence-corrected chi connectivity index (χ3v) is 5.53. The molecule has 5 aromatic rings. The quantitative estimate of drug-likeness (QED) is 0.364. The first-order chi connectivity index (χ1) is 15.8. The molecule has 0 spiro atoms. The van der Waals surface area contributed by atoms with Crippen molar-refractivity contribution in [2.75, 3.05) is 6.54 Å². The standard InChI is InChI=1S/C28H23N3O/c32-28(22-9-5-2-6-10-22)29-18-17-21-12-16-26-25(19-21)24-15-14-23(30-27(24)31-26)13-11-20-7-3-1-4-8-20/h1-16,19H,17-18H2,(H,29,32)(H,30,31)/b13-11+. The van der Waals surface area contributed by atoms with Gasteiger partial charge in [0.25, 0.3) is 5.91 Å². The second kappa shape index (κ2) is 8.90. The third-order valence-electron chi connectivity index (χ3n) is 5.53. The molecule has 0 saturated heterocycles. The Morgan fingerprint density at radius 2 is 1.62 bits per heavy atom. The molecule has 2 aromatic heterocycles. The summed E-state index contributed by atoms with van der Waals surface area (Å²) >= 11 is 0. The third kappa shape index (κ3) is 4.30. The fraction of sp³-hybridized carbons (Fsp3) is 0.0714. The van der Waals surface area contributed by atoms with Crippen LogP contribution in [0.4, 0.5) is 0 Å². The van der Waals surface area contributed by atoms with Gasteiger partial charge < -0.3 is 10.3 Å². The zero-order valence-corrected chi connectivity index (χ0v) is 17.6. The van der Waals surface area contributed by atoms with E-state index in [0.29, 0.717) is 12.1 Å². The van der Waals surface area contributed by atoms with Gasteiger partial charge in [-0.2, -0.15) is 0 Å². The van der Waals surface area contributed by atoms with Gasteiger partial charge in [0.15, 0.2) is 0 Å². The highest BCUT2D eigenvalue weighted by molar-refractivity contribution is 6.06. The van der Waals surface area contributed by atoms with Crippen molar-refractivity contribution in [3.05, 3.63) is 113 Å². The molecule has 2 heterocycles. The van der Waals surface area contributed by atoms with Crippen LogP contribution in [0.1, 0.15) is 27.2 Å². The van der Waals surface area contributed by atoms with Crippen LogP contribution in [0.5, 0.6) is 0 Å². The lowest BCUT2D eigenvalue weighted by Crippen LogP contribution is -2.25. The maximum atomic E-state index is 12.2. The van der Waals surface area contributed by atoms with Crippen molar-refractivity contribution in [2.45, 2.75) is 6.42 Å². The molecule has 5 rings (SSSR count). The average molecular weight is 418 g/mol. The smallest absolute Gasteiger partial charge is 0.251 e. The number of aromatic nitrogens is 2. The van der Waals surface area contributed by atoms with Crippen LogP contribution in [0.15, 0.2) is 91.0 Å². The van der Waals surface area contributed by atoms with Crippen LogP contribution in [0.25, 0.3) is 34.1 Å². The molecule has 0 aliphatic heterocycles. The summed E-state index contributed by atoms with van der Waals surface area (Å²) in [5.74, 6) is -0.0425. The lowest BCUT2D eigenvalue weighted by Gasteiger charge is -2.06. The van der Waals surface area contributed by atoms with E-state index in [0.717, 1.165) is 39.6 Å². The molecule has 1 amide bonds. The molecule has 0 aliphatic rings. The van der Waals surface area contributed by atoms with Gasteiger partial charge in [-0.3, -0.25) is 4.79 Å². The van der Waals surface area contributed by atoms with Crippen LogP contribution in [0, 0.1) is 0 Å². The largest absolute Gasteiger partial charge is 0.352 e. The first-order valence-corrected chi connectivity index (χ1v) is 10.7. The van der Waals surface area contributed by atoms with Gasteiger partial charge in [-0.15, -0.1) is 0 Å². The van der Waals surface area contributed by atoms with Gasteiger partial charge in [0.1, 0.15) is 5.65 Å². The summed E-state index contributed by atoms with van der Waals surface area (Å²) in [5, 5.41) is 5.25. The molecular formula is C28H23N3O. The van der Waals surface area contributed by atoms with Gasteiger partial charge in [0.2, 0.25) is 0 Å².